The molecule has 0 saturated carbocycles. The molecule has 2 aromatic carbocycles. The minimum Gasteiger partial charge on any atom is -0.496 e. The van der Waals surface area contributed by atoms with Crippen LogP contribution in [0.5, 0.6) is 5.75 Å². The molecule has 146 valence electrons. The molecule has 27 heavy (non-hydrogen) atoms. The molecule has 0 amide bonds. The fourth-order valence-corrected chi connectivity index (χ4v) is 4.11. The van der Waals surface area contributed by atoms with Gasteiger partial charge in [0.2, 0.25) is 0 Å². The molecule has 0 aromatic heterocycles. The Balaban J connectivity index is 1.49. The zero-order valence-electron chi connectivity index (χ0n) is 15.2. The Kier molecular flexibility index (Phi) is 6.44. The highest BCUT2D eigenvalue weighted by Gasteiger charge is 2.30. The van der Waals surface area contributed by atoms with Crippen molar-refractivity contribution in [2.45, 2.75) is 19.3 Å². The molecule has 1 fully saturated rings. The molecular weight excluding hydrogens is 421 g/mol. The number of rotatable bonds is 5. The number of ether oxygens (including phenoxy) is 1. The summed E-state index contributed by atoms with van der Waals surface area (Å²) < 4.78 is 44.2. The molecule has 1 aliphatic heterocycles. The molecule has 1 saturated heterocycles. The van der Waals surface area contributed by atoms with E-state index in [1.54, 1.807) is 19.2 Å². The average Bonchev–Trinajstić information content (AvgIpc) is 2.63. The van der Waals surface area contributed by atoms with Gasteiger partial charge >= 0.3 is 6.18 Å². The summed E-state index contributed by atoms with van der Waals surface area (Å²) in [5.41, 5.74) is 1.64. The Hall–Kier alpha value is -1.57. The Morgan fingerprint density at radius 2 is 1.41 bits per heavy atom. The van der Waals surface area contributed by atoms with Crippen LogP contribution < -0.4 is 14.5 Å². The van der Waals surface area contributed by atoms with Gasteiger partial charge in [0.1, 0.15) is 45.0 Å². The van der Waals surface area contributed by atoms with Gasteiger partial charge in [0, 0.05) is 11.1 Å². The van der Waals surface area contributed by atoms with Gasteiger partial charge < -0.3 is 14.5 Å². The smallest absolute Gasteiger partial charge is 0.416 e. The van der Waals surface area contributed by atoms with Crippen LogP contribution in [0.3, 0.4) is 0 Å². The second kappa shape index (κ2) is 8.63. The van der Waals surface area contributed by atoms with Crippen molar-refractivity contribution in [3.63, 3.8) is 0 Å². The van der Waals surface area contributed by atoms with E-state index in [0.717, 1.165) is 55.1 Å². The molecule has 2 N–H and O–H groups in total. The van der Waals surface area contributed by atoms with Gasteiger partial charge in [0.05, 0.1) is 17.1 Å². The average molecular weight is 445 g/mol. The van der Waals surface area contributed by atoms with Crippen LogP contribution >= 0.6 is 15.9 Å². The monoisotopic (exact) mass is 444 g/mol. The maximum Gasteiger partial charge on any atom is 0.416 e. The maximum atomic E-state index is 12.6. The quantitative estimate of drug-likeness (QED) is 0.721. The van der Waals surface area contributed by atoms with Crippen LogP contribution in [-0.2, 0) is 19.3 Å². The molecule has 0 radical (unpaired) electrons. The van der Waals surface area contributed by atoms with Gasteiger partial charge in [0.15, 0.2) is 0 Å². The molecular formula is C20H24BrF3N2O+2. The third kappa shape index (κ3) is 5.46. The lowest BCUT2D eigenvalue weighted by molar-refractivity contribution is -1.02. The molecule has 0 atom stereocenters. The van der Waals surface area contributed by atoms with Crippen molar-refractivity contribution in [1.29, 1.82) is 0 Å². The van der Waals surface area contributed by atoms with E-state index in [1.807, 2.05) is 6.07 Å². The number of quaternary nitrogens is 2. The number of halogens is 4. The van der Waals surface area contributed by atoms with Crippen LogP contribution in [0.4, 0.5) is 13.2 Å². The zero-order valence-corrected chi connectivity index (χ0v) is 16.8. The number of alkyl halides is 3. The predicted molar refractivity (Wildman–Crippen MR) is 101 cm³/mol. The van der Waals surface area contributed by atoms with Crippen LogP contribution in [0.2, 0.25) is 0 Å². The molecule has 0 spiro atoms. The van der Waals surface area contributed by atoms with E-state index in [-0.39, 0.29) is 0 Å². The van der Waals surface area contributed by atoms with Crippen LogP contribution in [0.15, 0.2) is 46.9 Å². The Morgan fingerprint density at radius 1 is 0.889 bits per heavy atom. The van der Waals surface area contributed by atoms with Gasteiger partial charge in [-0.15, -0.1) is 0 Å². The Labute approximate surface area is 165 Å². The first-order valence-electron chi connectivity index (χ1n) is 9.01. The topological polar surface area (TPSA) is 18.1 Å². The van der Waals surface area contributed by atoms with E-state index in [9.17, 15) is 13.2 Å². The molecule has 3 nitrogen and oxygen atoms in total. The Bertz CT molecular complexity index is 757. The standard InChI is InChI=1S/C20H22BrF3N2O/c1-27-19-7-4-16(12-18(19)21)14-26-10-8-25(9-11-26)13-15-2-5-17(6-3-15)20(22,23)24/h2-7,12H,8-11,13-14H2,1H3/p+2. The van der Waals surface area contributed by atoms with Gasteiger partial charge in [-0.3, -0.25) is 0 Å². The normalized spacial score (nSPS) is 20.5. The molecule has 0 unspecified atom stereocenters. The number of methoxy groups -OCH3 is 1. The van der Waals surface area contributed by atoms with Crippen LogP contribution in [-0.4, -0.2) is 33.3 Å². The Morgan fingerprint density at radius 3 is 1.89 bits per heavy atom. The van der Waals surface area contributed by atoms with Crippen LogP contribution in [0.25, 0.3) is 0 Å². The maximum absolute atomic E-state index is 12.6. The summed E-state index contributed by atoms with van der Waals surface area (Å²) in [6.07, 6.45) is -4.27. The zero-order chi connectivity index (χ0) is 19.4. The van der Waals surface area contributed by atoms with Crippen molar-refractivity contribution in [1.82, 2.24) is 0 Å². The first-order valence-corrected chi connectivity index (χ1v) is 9.80. The van der Waals surface area contributed by atoms with Crippen LogP contribution in [0, 0.1) is 0 Å². The lowest BCUT2D eigenvalue weighted by Crippen LogP contribution is -3.27. The molecule has 0 aliphatic carbocycles. The van der Waals surface area contributed by atoms with Gasteiger partial charge in [-0.05, 0) is 46.3 Å². The highest BCUT2D eigenvalue weighted by molar-refractivity contribution is 9.10. The molecule has 1 aliphatic rings. The minimum absolute atomic E-state index is 0.582. The van der Waals surface area contributed by atoms with Crippen molar-refractivity contribution < 1.29 is 27.7 Å². The van der Waals surface area contributed by atoms with Gasteiger partial charge in [0.25, 0.3) is 0 Å². The highest BCUT2D eigenvalue weighted by atomic mass is 79.9. The third-order valence-corrected chi connectivity index (χ3v) is 5.69. The molecule has 3 rings (SSSR count). The summed E-state index contributed by atoms with van der Waals surface area (Å²) in [4.78, 5) is 2.96. The number of nitrogens with one attached hydrogen (secondary N) is 2. The highest BCUT2D eigenvalue weighted by Crippen LogP contribution is 2.29. The first-order chi connectivity index (χ1) is 12.8. The summed E-state index contributed by atoms with van der Waals surface area (Å²) in [5.74, 6) is 0.833. The summed E-state index contributed by atoms with van der Waals surface area (Å²) in [7, 11) is 1.66. The molecule has 1 heterocycles. The van der Waals surface area contributed by atoms with E-state index < -0.39 is 11.7 Å². The first kappa shape index (κ1) is 20.2. The predicted octanol–water partition coefficient (Wildman–Crippen LogP) is 1.96. The number of hydrogen-bond donors (Lipinski definition) is 2. The summed E-state index contributed by atoms with van der Waals surface area (Å²) in [6.45, 7) is 5.90. The molecule has 7 heteroatoms. The SMILES string of the molecule is COc1ccc(C[NH+]2CC[NH+](Cc3ccc(C(F)(F)F)cc3)CC2)cc1Br. The van der Waals surface area contributed by atoms with Crippen molar-refractivity contribution in [3.05, 3.63) is 63.6 Å². The summed E-state index contributed by atoms with van der Waals surface area (Å²) in [6, 6.07) is 11.7. The fourth-order valence-electron chi connectivity index (χ4n) is 3.52. The lowest BCUT2D eigenvalue weighted by Gasteiger charge is -2.30. The van der Waals surface area contributed by atoms with Gasteiger partial charge in [-0.25, -0.2) is 0 Å². The van der Waals surface area contributed by atoms with E-state index >= 15 is 0 Å². The minimum atomic E-state index is -4.27. The largest absolute Gasteiger partial charge is 0.496 e. The third-order valence-electron chi connectivity index (χ3n) is 5.07. The lowest BCUT2D eigenvalue weighted by atomic mass is 10.1. The van der Waals surface area contributed by atoms with Crippen LogP contribution in [0.1, 0.15) is 16.7 Å². The number of piperazine rings is 1. The fraction of sp³-hybridized carbons (Fsp3) is 0.400. The number of hydrogen-bond acceptors (Lipinski definition) is 1. The van der Waals surface area contributed by atoms with E-state index in [4.69, 9.17) is 4.74 Å². The van der Waals surface area contributed by atoms with E-state index in [2.05, 4.69) is 28.1 Å². The summed E-state index contributed by atoms with van der Waals surface area (Å²) in [5, 5.41) is 0. The van der Waals surface area contributed by atoms with Crippen molar-refractivity contribution in [2.24, 2.45) is 0 Å². The molecule has 0 bridgehead atoms. The second-order valence-electron chi connectivity index (χ2n) is 7.02. The summed E-state index contributed by atoms with van der Waals surface area (Å²) >= 11 is 3.53. The van der Waals surface area contributed by atoms with Crippen molar-refractivity contribution in [3.8, 4) is 5.75 Å². The van der Waals surface area contributed by atoms with Crippen molar-refractivity contribution in [2.75, 3.05) is 33.3 Å². The van der Waals surface area contributed by atoms with Gasteiger partial charge in [-0.1, -0.05) is 12.1 Å². The van der Waals surface area contributed by atoms with E-state index in [1.165, 1.54) is 27.5 Å². The van der Waals surface area contributed by atoms with Crippen molar-refractivity contribution >= 4 is 15.9 Å². The molecule has 2 aromatic rings. The second-order valence-corrected chi connectivity index (χ2v) is 7.87. The number of benzene rings is 2. The van der Waals surface area contributed by atoms with E-state index in [0.29, 0.717) is 0 Å². The van der Waals surface area contributed by atoms with Gasteiger partial charge in [-0.2, -0.15) is 13.2 Å².